The highest BCUT2D eigenvalue weighted by Crippen LogP contribution is 2.31. The van der Waals surface area contributed by atoms with Crippen LogP contribution in [0, 0.1) is 6.92 Å². The van der Waals surface area contributed by atoms with Crippen molar-refractivity contribution in [2.75, 3.05) is 5.32 Å². The van der Waals surface area contributed by atoms with E-state index in [9.17, 15) is 18.0 Å². The van der Waals surface area contributed by atoms with Crippen LogP contribution in [0.1, 0.15) is 27.5 Å². The van der Waals surface area contributed by atoms with Crippen LogP contribution >= 0.6 is 11.6 Å². The minimum Gasteiger partial charge on any atom is -0.447 e. The van der Waals surface area contributed by atoms with E-state index in [-0.39, 0.29) is 22.8 Å². The quantitative estimate of drug-likeness (QED) is 0.502. The fourth-order valence-electron chi connectivity index (χ4n) is 2.94. The Morgan fingerprint density at radius 3 is 2.60 bits per heavy atom. The van der Waals surface area contributed by atoms with Crippen molar-refractivity contribution in [2.24, 2.45) is 0 Å². The molecule has 0 atom stereocenters. The molecule has 154 valence electrons. The van der Waals surface area contributed by atoms with E-state index in [4.69, 9.17) is 16.0 Å². The summed E-state index contributed by atoms with van der Waals surface area (Å²) in [6, 6.07) is 4.10. The van der Waals surface area contributed by atoms with Gasteiger partial charge in [-0.25, -0.2) is 14.6 Å². The summed E-state index contributed by atoms with van der Waals surface area (Å²) in [5.74, 6) is -0.171. The monoisotopic (exact) mass is 435 g/mol. The lowest BCUT2D eigenvalue weighted by molar-refractivity contribution is -0.137. The van der Waals surface area contributed by atoms with Crippen molar-refractivity contribution in [3.05, 3.63) is 70.7 Å². The summed E-state index contributed by atoms with van der Waals surface area (Å²) in [4.78, 5) is 21.0. The zero-order valence-electron chi connectivity index (χ0n) is 15.4. The number of aryl methyl sites for hydroxylation is 1. The third-order valence-electron chi connectivity index (χ3n) is 4.36. The number of carbonyl (C=O) groups excluding carboxylic acids is 1. The fraction of sp³-hybridized carbons (Fsp3) is 0.158. The minimum atomic E-state index is -4.45. The first-order valence-corrected chi connectivity index (χ1v) is 9.00. The number of alkyl halides is 3. The van der Waals surface area contributed by atoms with Gasteiger partial charge in [0, 0.05) is 11.9 Å². The van der Waals surface area contributed by atoms with Crippen LogP contribution in [0.4, 0.5) is 18.9 Å². The number of carbonyl (C=O) groups is 1. The second kappa shape index (κ2) is 7.45. The van der Waals surface area contributed by atoms with E-state index >= 15 is 0 Å². The molecule has 7 nitrogen and oxygen atoms in total. The molecule has 1 aromatic carbocycles. The molecule has 0 spiro atoms. The Kier molecular flexibility index (Phi) is 4.94. The Hall–Kier alpha value is -3.40. The Labute approximate surface area is 172 Å². The van der Waals surface area contributed by atoms with Crippen LogP contribution < -0.4 is 5.32 Å². The molecule has 0 radical (unpaired) electrons. The maximum Gasteiger partial charge on any atom is 0.416 e. The van der Waals surface area contributed by atoms with Gasteiger partial charge in [0.15, 0.2) is 5.65 Å². The molecule has 0 saturated heterocycles. The zero-order chi connectivity index (χ0) is 21.5. The first-order chi connectivity index (χ1) is 14.2. The van der Waals surface area contributed by atoms with Crippen LogP contribution in [0.5, 0.6) is 0 Å². The molecule has 0 unspecified atom stereocenters. The highest BCUT2D eigenvalue weighted by atomic mass is 35.5. The van der Waals surface area contributed by atoms with E-state index in [0.717, 1.165) is 12.1 Å². The number of amides is 1. The van der Waals surface area contributed by atoms with Gasteiger partial charge < -0.3 is 9.73 Å². The maximum absolute atomic E-state index is 12.7. The molecule has 1 amide bonds. The summed E-state index contributed by atoms with van der Waals surface area (Å²) >= 11 is 6.45. The lowest BCUT2D eigenvalue weighted by Gasteiger charge is -2.10. The number of hydrogen-bond donors (Lipinski definition) is 1. The summed E-state index contributed by atoms with van der Waals surface area (Å²) in [7, 11) is 0. The van der Waals surface area contributed by atoms with Crippen LogP contribution in [-0.2, 0) is 12.7 Å². The molecule has 1 N–H and O–H groups in total. The molecule has 0 bridgehead atoms. The smallest absolute Gasteiger partial charge is 0.416 e. The van der Waals surface area contributed by atoms with Crippen LogP contribution in [0.15, 0.2) is 47.3 Å². The molecule has 0 saturated carbocycles. The molecule has 3 aromatic heterocycles. The van der Waals surface area contributed by atoms with E-state index < -0.39 is 17.6 Å². The Morgan fingerprint density at radius 1 is 1.23 bits per heavy atom. The standard InChI is InChI=1S/C19H13ClF3N5O2/c1-10-15-16(20)13(8-25-17(15)28(27-10)9-14-24-6-7-30-14)18(29)26-12-4-2-11(3-5-12)19(21,22)23/h2-8H,9H2,1H3,(H,26,29). The van der Waals surface area contributed by atoms with Crippen molar-refractivity contribution in [1.82, 2.24) is 19.7 Å². The van der Waals surface area contributed by atoms with E-state index in [0.29, 0.717) is 22.6 Å². The van der Waals surface area contributed by atoms with E-state index in [1.54, 1.807) is 11.6 Å². The van der Waals surface area contributed by atoms with Gasteiger partial charge in [-0.1, -0.05) is 11.6 Å². The number of fused-ring (bicyclic) bond motifs is 1. The Bertz CT molecular complexity index is 1220. The van der Waals surface area contributed by atoms with Gasteiger partial charge in [0.2, 0.25) is 5.89 Å². The number of nitrogens with one attached hydrogen (secondary N) is 1. The average Bonchev–Trinajstić information content (AvgIpc) is 3.30. The molecule has 11 heteroatoms. The second-order valence-corrected chi connectivity index (χ2v) is 6.76. The zero-order valence-corrected chi connectivity index (χ0v) is 16.1. The van der Waals surface area contributed by atoms with E-state index in [1.165, 1.54) is 30.8 Å². The van der Waals surface area contributed by atoms with Gasteiger partial charge in [-0.3, -0.25) is 4.79 Å². The van der Waals surface area contributed by atoms with Crippen LogP contribution in [0.3, 0.4) is 0 Å². The number of benzene rings is 1. The lowest BCUT2D eigenvalue weighted by atomic mass is 10.1. The second-order valence-electron chi connectivity index (χ2n) is 6.38. The largest absolute Gasteiger partial charge is 0.447 e. The van der Waals surface area contributed by atoms with Crippen LogP contribution in [0.2, 0.25) is 5.02 Å². The third kappa shape index (κ3) is 3.73. The van der Waals surface area contributed by atoms with Gasteiger partial charge in [-0.05, 0) is 31.2 Å². The molecule has 4 rings (SSSR count). The Balaban J connectivity index is 1.62. The molecule has 0 aliphatic heterocycles. The van der Waals surface area contributed by atoms with Crippen molar-refractivity contribution < 1.29 is 22.4 Å². The molecule has 30 heavy (non-hydrogen) atoms. The van der Waals surface area contributed by atoms with Crippen LogP contribution in [-0.4, -0.2) is 25.7 Å². The van der Waals surface area contributed by atoms with Gasteiger partial charge >= 0.3 is 6.18 Å². The highest BCUT2D eigenvalue weighted by molar-refractivity contribution is 6.39. The predicted molar refractivity (Wildman–Crippen MR) is 102 cm³/mol. The fourth-order valence-corrected chi connectivity index (χ4v) is 3.30. The van der Waals surface area contributed by atoms with Gasteiger partial charge in [0.05, 0.1) is 33.4 Å². The van der Waals surface area contributed by atoms with Gasteiger partial charge in [-0.2, -0.15) is 18.3 Å². The first kappa shape index (κ1) is 19.9. The summed E-state index contributed by atoms with van der Waals surface area (Å²) in [6.45, 7) is 1.96. The molecule has 0 aliphatic rings. The molecule has 0 fully saturated rings. The van der Waals surface area contributed by atoms with E-state index in [1.807, 2.05) is 0 Å². The van der Waals surface area contributed by atoms with Crippen LogP contribution in [0.25, 0.3) is 11.0 Å². The van der Waals surface area contributed by atoms with Crippen molar-refractivity contribution in [1.29, 1.82) is 0 Å². The number of oxazole rings is 1. The highest BCUT2D eigenvalue weighted by Gasteiger charge is 2.30. The van der Waals surface area contributed by atoms with Gasteiger partial charge in [-0.15, -0.1) is 0 Å². The number of rotatable bonds is 4. The SMILES string of the molecule is Cc1nn(Cc2ncco2)c2ncc(C(=O)Nc3ccc(C(F)(F)F)cc3)c(Cl)c12. The normalized spacial score (nSPS) is 11.8. The number of aromatic nitrogens is 4. The summed E-state index contributed by atoms with van der Waals surface area (Å²) in [5, 5.41) is 7.52. The summed E-state index contributed by atoms with van der Waals surface area (Å²) in [5.41, 5.74) is 0.457. The van der Waals surface area contributed by atoms with Crippen molar-refractivity contribution >= 4 is 34.2 Å². The van der Waals surface area contributed by atoms with E-state index in [2.05, 4.69) is 20.4 Å². The molecule has 3 heterocycles. The van der Waals surface area contributed by atoms with Gasteiger partial charge in [0.1, 0.15) is 12.8 Å². The van der Waals surface area contributed by atoms with Crippen molar-refractivity contribution in [3.8, 4) is 0 Å². The maximum atomic E-state index is 12.7. The molecular weight excluding hydrogens is 423 g/mol. The van der Waals surface area contributed by atoms with Gasteiger partial charge in [0.25, 0.3) is 5.91 Å². The predicted octanol–water partition coefficient (Wildman–Crippen LogP) is 4.70. The number of hydrogen-bond acceptors (Lipinski definition) is 5. The molecule has 4 aromatic rings. The minimum absolute atomic E-state index is 0.0721. The number of halogens is 4. The summed E-state index contributed by atoms with van der Waals surface area (Å²) in [6.07, 6.45) is -0.211. The lowest BCUT2D eigenvalue weighted by Crippen LogP contribution is -2.14. The number of anilines is 1. The first-order valence-electron chi connectivity index (χ1n) is 8.62. The average molecular weight is 436 g/mol. The molecule has 0 aliphatic carbocycles. The molecular formula is C19H13ClF3N5O2. The summed E-state index contributed by atoms with van der Waals surface area (Å²) < 4.78 is 44.8. The Morgan fingerprint density at radius 2 is 1.97 bits per heavy atom. The number of pyridine rings is 1. The van der Waals surface area contributed by atoms with Crippen molar-refractivity contribution in [3.63, 3.8) is 0 Å². The number of nitrogens with zero attached hydrogens (tertiary/aromatic N) is 4. The van der Waals surface area contributed by atoms with Crippen molar-refractivity contribution in [2.45, 2.75) is 19.6 Å². The topological polar surface area (TPSA) is 85.8 Å². The third-order valence-corrected chi connectivity index (χ3v) is 4.75.